The maximum Gasteiger partial charge on any atom is 0.488 e. The zero-order valence-corrected chi connectivity index (χ0v) is 20.5. The Morgan fingerprint density at radius 3 is 1.80 bits per heavy atom. The molecule has 1 heterocycles. The Bertz CT molecular complexity index is 753. The van der Waals surface area contributed by atoms with E-state index in [1.54, 1.807) is 6.08 Å². The lowest BCUT2D eigenvalue weighted by Gasteiger charge is -2.25. The van der Waals surface area contributed by atoms with Crippen LogP contribution in [-0.4, -0.2) is 18.3 Å². The lowest BCUT2D eigenvalue weighted by Crippen LogP contribution is -2.12. The fourth-order valence-electron chi connectivity index (χ4n) is 2.60. The minimum Gasteiger partial charge on any atom is -0.302 e. The van der Waals surface area contributed by atoms with Gasteiger partial charge in [0.25, 0.3) is 0 Å². The summed E-state index contributed by atoms with van der Waals surface area (Å²) >= 11 is 0. The molecule has 172 valence electrons. The summed E-state index contributed by atoms with van der Waals surface area (Å²) in [5, 5.41) is 0. The SMILES string of the molecule is CC(C)=CCCC(C)=CCCC(C)=CCCC(C)=CCOP(=O)(O)OP1(=O)OCO1. The normalized spacial score (nSPS) is 19.2. The number of rotatable bonds is 14. The monoisotopic (exact) mass is 462 g/mol. The molecular formula is C21H36O7P2. The van der Waals surface area contributed by atoms with E-state index in [1.165, 1.54) is 16.7 Å². The van der Waals surface area contributed by atoms with Gasteiger partial charge in [-0.15, -0.1) is 0 Å². The fraction of sp³-hybridized carbons (Fsp3) is 0.619. The van der Waals surface area contributed by atoms with Crippen LogP contribution in [0.15, 0.2) is 46.6 Å². The number of hydrogen-bond acceptors (Lipinski definition) is 6. The summed E-state index contributed by atoms with van der Waals surface area (Å²) in [5.41, 5.74) is 5.18. The number of phosphoric acid groups is 2. The first-order valence-electron chi connectivity index (χ1n) is 10.2. The van der Waals surface area contributed by atoms with Crippen molar-refractivity contribution in [2.45, 2.75) is 73.1 Å². The van der Waals surface area contributed by atoms with Gasteiger partial charge in [0.15, 0.2) is 6.79 Å². The molecule has 30 heavy (non-hydrogen) atoms. The molecule has 9 heteroatoms. The highest BCUT2D eigenvalue weighted by Gasteiger charge is 2.44. The van der Waals surface area contributed by atoms with Crippen molar-refractivity contribution in [3.05, 3.63) is 46.6 Å². The Morgan fingerprint density at radius 2 is 1.37 bits per heavy atom. The molecule has 1 atom stereocenters. The predicted molar refractivity (Wildman–Crippen MR) is 120 cm³/mol. The molecule has 0 bridgehead atoms. The topological polar surface area (TPSA) is 91.3 Å². The van der Waals surface area contributed by atoms with Crippen molar-refractivity contribution in [2.75, 3.05) is 13.4 Å². The average molecular weight is 462 g/mol. The lowest BCUT2D eigenvalue weighted by molar-refractivity contribution is -0.0270. The quantitative estimate of drug-likeness (QED) is 0.213. The van der Waals surface area contributed by atoms with E-state index in [-0.39, 0.29) is 13.4 Å². The highest BCUT2D eigenvalue weighted by Crippen LogP contribution is 2.67. The molecule has 0 amide bonds. The smallest absolute Gasteiger partial charge is 0.302 e. The Balaban J connectivity index is 2.25. The first kappa shape index (κ1) is 27.3. The molecule has 0 aromatic heterocycles. The highest BCUT2D eigenvalue weighted by atomic mass is 31.3. The van der Waals surface area contributed by atoms with Crippen molar-refractivity contribution in [3.63, 3.8) is 0 Å². The summed E-state index contributed by atoms with van der Waals surface area (Å²) in [6.07, 6.45) is 14.5. The molecule has 1 aliphatic heterocycles. The van der Waals surface area contributed by atoms with Gasteiger partial charge in [0.2, 0.25) is 0 Å². The molecule has 0 aromatic rings. The second-order valence-electron chi connectivity index (χ2n) is 7.72. The third-order valence-electron chi connectivity index (χ3n) is 4.45. The zero-order valence-electron chi connectivity index (χ0n) is 18.8. The zero-order chi connectivity index (χ0) is 22.6. The summed E-state index contributed by atoms with van der Waals surface area (Å²) in [6.45, 7) is 10.2. The first-order valence-corrected chi connectivity index (χ1v) is 13.1. The molecule has 1 aliphatic rings. The summed E-state index contributed by atoms with van der Waals surface area (Å²) in [6, 6.07) is 0. The van der Waals surface area contributed by atoms with Crippen molar-refractivity contribution in [1.29, 1.82) is 0 Å². The Labute approximate surface area is 181 Å². The van der Waals surface area contributed by atoms with Crippen LogP contribution in [0.2, 0.25) is 0 Å². The summed E-state index contributed by atoms with van der Waals surface area (Å²) in [7, 11) is -8.39. The number of phosphoric ester groups is 2. The molecule has 1 unspecified atom stereocenters. The van der Waals surface area contributed by atoms with Gasteiger partial charge in [-0.05, 0) is 73.1 Å². The van der Waals surface area contributed by atoms with Crippen LogP contribution in [0.5, 0.6) is 0 Å². The standard InChI is InChI=1S/C21H36O7P2/c1-18(2)9-6-10-19(3)11-7-12-20(4)13-8-14-21(5)15-16-25-29(22,23)28-30(24)26-17-27-30/h9,11,13,15H,6-8,10,12,14,16-17H2,1-5H3,(H,22,23). The predicted octanol–water partition coefficient (Wildman–Crippen LogP) is 7.38. The van der Waals surface area contributed by atoms with Crippen LogP contribution in [-0.2, 0) is 27.0 Å². The Morgan fingerprint density at radius 1 is 0.900 bits per heavy atom. The Kier molecular flexibility index (Phi) is 12.3. The third kappa shape index (κ3) is 12.8. The molecule has 1 saturated heterocycles. The van der Waals surface area contributed by atoms with E-state index in [0.29, 0.717) is 0 Å². The third-order valence-corrected chi connectivity index (χ3v) is 7.39. The molecule has 0 aliphatic carbocycles. The van der Waals surface area contributed by atoms with Gasteiger partial charge < -0.3 is 4.89 Å². The fourth-order valence-corrected chi connectivity index (χ4v) is 4.71. The molecule has 1 fully saturated rings. The summed E-state index contributed by atoms with van der Waals surface area (Å²) in [5.74, 6) is 0. The van der Waals surface area contributed by atoms with Crippen LogP contribution in [0.25, 0.3) is 0 Å². The van der Waals surface area contributed by atoms with Gasteiger partial charge >= 0.3 is 15.6 Å². The van der Waals surface area contributed by atoms with Crippen molar-refractivity contribution in [2.24, 2.45) is 0 Å². The minimum atomic E-state index is -4.49. The molecule has 1 rings (SSSR count). The van der Waals surface area contributed by atoms with E-state index in [0.717, 1.165) is 44.1 Å². The summed E-state index contributed by atoms with van der Waals surface area (Å²) in [4.78, 5) is 9.50. The lowest BCUT2D eigenvalue weighted by atomic mass is 10.0. The molecule has 0 aromatic carbocycles. The first-order chi connectivity index (χ1) is 14.0. The van der Waals surface area contributed by atoms with Crippen molar-refractivity contribution in [1.82, 2.24) is 0 Å². The van der Waals surface area contributed by atoms with E-state index in [1.807, 2.05) is 6.92 Å². The van der Waals surface area contributed by atoms with Crippen LogP contribution >= 0.6 is 15.6 Å². The second-order valence-corrected chi connectivity index (χ2v) is 11.0. The van der Waals surface area contributed by atoms with Gasteiger partial charge in [-0.3, -0.25) is 13.6 Å². The van der Waals surface area contributed by atoms with E-state index >= 15 is 0 Å². The van der Waals surface area contributed by atoms with Crippen LogP contribution in [0.3, 0.4) is 0 Å². The van der Waals surface area contributed by atoms with Gasteiger partial charge in [0, 0.05) is 0 Å². The van der Waals surface area contributed by atoms with Crippen molar-refractivity contribution in [3.8, 4) is 0 Å². The molecule has 1 N–H and O–H groups in total. The van der Waals surface area contributed by atoms with Crippen LogP contribution in [0.4, 0.5) is 0 Å². The Hall–Kier alpha value is -0.780. The summed E-state index contributed by atoms with van der Waals surface area (Å²) < 4.78 is 41.3. The van der Waals surface area contributed by atoms with E-state index < -0.39 is 15.6 Å². The maximum atomic E-state index is 11.7. The van der Waals surface area contributed by atoms with E-state index in [9.17, 15) is 14.0 Å². The van der Waals surface area contributed by atoms with Gasteiger partial charge in [-0.1, -0.05) is 46.6 Å². The number of allylic oxidation sites excluding steroid dienone is 7. The van der Waals surface area contributed by atoms with Crippen LogP contribution in [0, 0.1) is 0 Å². The minimum absolute atomic E-state index is 0.126. The molecule has 0 spiro atoms. The molecule has 7 nitrogen and oxygen atoms in total. The number of hydrogen-bond donors (Lipinski definition) is 1. The molecule has 0 radical (unpaired) electrons. The van der Waals surface area contributed by atoms with E-state index in [2.05, 4.69) is 59.3 Å². The van der Waals surface area contributed by atoms with Crippen LogP contribution < -0.4 is 0 Å². The average Bonchev–Trinajstić information content (AvgIpc) is 2.59. The van der Waals surface area contributed by atoms with E-state index in [4.69, 9.17) is 4.52 Å². The molecular weight excluding hydrogens is 426 g/mol. The van der Waals surface area contributed by atoms with Crippen molar-refractivity contribution < 1.29 is 31.9 Å². The van der Waals surface area contributed by atoms with Gasteiger partial charge in [0.05, 0.1) is 6.61 Å². The van der Waals surface area contributed by atoms with Crippen LogP contribution in [0.1, 0.15) is 73.1 Å². The largest absolute Gasteiger partial charge is 0.488 e. The van der Waals surface area contributed by atoms with Crippen molar-refractivity contribution >= 4 is 15.6 Å². The highest BCUT2D eigenvalue weighted by molar-refractivity contribution is 7.62. The van der Waals surface area contributed by atoms with Gasteiger partial charge in [-0.25, -0.2) is 9.13 Å². The van der Waals surface area contributed by atoms with Gasteiger partial charge in [0.1, 0.15) is 0 Å². The maximum absolute atomic E-state index is 11.7. The molecule has 0 saturated carbocycles. The second kappa shape index (κ2) is 13.6. The van der Waals surface area contributed by atoms with Gasteiger partial charge in [-0.2, -0.15) is 4.31 Å².